The smallest absolute Gasteiger partial charge is 0.398 e. The molecule has 0 aromatic carbocycles. The lowest BCUT2D eigenvalue weighted by Crippen LogP contribution is -2.41. The zero-order valence-electron chi connectivity index (χ0n) is 10.9. The van der Waals surface area contributed by atoms with Crippen molar-refractivity contribution in [3.63, 3.8) is 0 Å². The van der Waals surface area contributed by atoms with Gasteiger partial charge in [0, 0.05) is 13.2 Å². The van der Waals surface area contributed by atoms with Gasteiger partial charge in [-0.25, -0.2) is 4.98 Å². The first-order valence-corrected chi connectivity index (χ1v) is 5.71. The van der Waals surface area contributed by atoms with Gasteiger partial charge in [-0.15, -0.1) is 0 Å². The third-order valence-electron chi connectivity index (χ3n) is 3.40. The predicted octanol–water partition coefficient (Wildman–Crippen LogP) is 0.817. The number of anilines is 1. The molecule has 1 aliphatic heterocycles. The highest BCUT2D eigenvalue weighted by molar-refractivity contribution is 6.61. The highest BCUT2D eigenvalue weighted by Gasteiger charge is 2.52. The van der Waals surface area contributed by atoms with Gasteiger partial charge in [0.05, 0.1) is 23.0 Å². The average Bonchev–Trinajstić information content (AvgIpc) is 2.48. The molecule has 0 bridgehead atoms. The Morgan fingerprint density at radius 3 is 2.24 bits per heavy atom. The summed E-state index contributed by atoms with van der Waals surface area (Å²) in [6.45, 7) is 8.06. The molecule has 1 aliphatic rings. The second kappa shape index (κ2) is 3.96. The Morgan fingerprint density at radius 2 is 1.71 bits per heavy atom. The Bertz CT molecular complexity index is 407. The summed E-state index contributed by atoms with van der Waals surface area (Å²) in [4.78, 5) is 8.49. The summed E-state index contributed by atoms with van der Waals surface area (Å²) >= 11 is 0. The molecule has 2 rings (SSSR count). The van der Waals surface area contributed by atoms with Crippen LogP contribution in [0.2, 0.25) is 0 Å². The van der Waals surface area contributed by atoms with Crippen molar-refractivity contribution in [2.24, 2.45) is 0 Å². The minimum Gasteiger partial charge on any atom is -0.398 e. The topological polar surface area (TPSA) is 56.3 Å². The molecule has 0 amide bonds. The van der Waals surface area contributed by atoms with Crippen molar-refractivity contribution in [1.82, 2.24) is 9.97 Å². The average molecular weight is 235 g/mol. The fourth-order valence-corrected chi connectivity index (χ4v) is 1.58. The molecule has 1 saturated heterocycles. The van der Waals surface area contributed by atoms with E-state index in [2.05, 4.69) is 15.3 Å². The third-order valence-corrected chi connectivity index (χ3v) is 3.40. The molecule has 6 heteroatoms. The van der Waals surface area contributed by atoms with Crippen LogP contribution in [-0.2, 0) is 9.31 Å². The van der Waals surface area contributed by atoms with E-state index in [9.17, 15) is 0 Å². The van der Waals surface area contributed by atoms with E-state index >= 15 is 0 Å². The predicted molar refractivity (Wildman–Crippen MR) is 67.3 cm³/mol. The molecule has 0 unspecified atom stereocenters. The Hall–Kier alpha value is -1.14. The second-order valence-corrected chi connectivity index (χ2v) is 5.17. The van der Waals surface area contributed by atoms with E-state index in [1.807, 2.05) is 27.7 Å². The molecule has 0 spiro atoms. The highest BCUT2D eigenvalue weighted by atomic mass is 16.7. The molecule has 1 aromatic heterocycles. The summed E-state index contributed by atoms with van der Waals surface area (Å²) in [6.07, 6.45) is 3.33. The summed E-state index contributed by atoms with van der Waals surface area (Å²) in [7, 11) is 1.35. The van der Waals surface area contributed by atoms with Gasteiger partial charge in [0.2, 0.25) is 0 Å². The lowest BCUT2D eigenvalue weighted by atomic mass is 9.85. The van der Waals surface area contributed by atoms with Gasteiger partial charge in [0.25, 0.3) is 0 Å². The van der Waals surface area contributed by atoms with E-state index in [1.54, 1.807) is 19.4 Å². The molecule has 1 N–H and O–H groups in total. The summed E-state index contributed by atoms with van der Waals surface area (Å²) < 4.78 is 11.8. The van der Waals surface area contributed by atoms with Crippen LogP contribution in [0.3, 0.4) is 0 Å². The Balaban J connectivity index is 2.25. The zero-order chi connectivity index (χ0) is 12.7. The lowest BCUT2D eigenvalue weighted by Gasteiger charge is -2.32. The van der Waals surface area contributed by atoms with Crippen molar-refractivity contribution >= 4 is 18.5 Å². The van der Waals surface area contributed by atoms with Crippen LogP contribution < -0.4 is 10.9 Å². The Labute approximate surface area is 102 Å². The molecule has 1 fully saturated rings. The molecule has 2 heterocycles. The van der Waals surface area contributed by atoms with Crippen molar-refractivity contribution in [1.29, 1.82) is 0 Å². The molecule has 92 valence electrons. The van der Waals surface area contributed by atoms with Crippen LogP contribution in [0.4, 0.5) is 5.82 Å². The molecule has 0 saturated carbocycles. The van der Waals surface area contributed by atoms with E-state index < -0.39 is 7.12 Å². The van der Waals surface area contributed by atoms with E-state index in [0.717, 1.165) is 0 Å². The maximum atomic E-state index is 5.90. The van der Waals surface area contributed by atoms with E-state index in [-0.39, 0.29) is 11.2 Å². The molecule has 0 aliphatic carbocycles. The first-order valence-electron chi connectivity index (χ1n) is 5.71. The molecular formula is C11H18BN3O2. The first kappa shape index (κ1) is 12.3. The summed E-state index contributed by atoms with van der Waals surface area (Å²) in [5.74, 6) is 0.706. The van der Waals surface area contributed by atoms with Gasteiger partial charge in [-0.3, -0.25) is 4.98 Å². The number of nitrogens with one attached hydrogen (secondary N) is 1. The van der Waals surface area contributed by atoms with Crippen LogP contribution in [0.25, 0.3) is 0 Å². The number of hydrogen-bond acceptors (Lipinski definition) is 5. The van der Waals surface area contributed by atoms with Crippen LogP contribution in [0.15, 0.2) is 12.4 Å². The normalized spacial score (nSPS) is 21.6. The van der Waals surface area contributed by atoms with Crippen LogP contribution >= 0.6 is 0 Å². The van der Waals surface area contributed by atoms with Crippen LogP contribution in [0.5, 0.6) is 0 Å². The van der Waals surface area contributed by atoms with Crippen LogP contribution in [-0.4, -0.2) is 35.3 Å². The summed E-state index contributed by atoms with van der Waals surface area (Å²) in [5.41, 5.74) is -0.0141. The number of aromatic nitrogens is 2. The molecule has 0 atom stereocenters. The standard InChI is InChI=1S/C11H18BN3O2/c1-10(2)11(3,4)17-12(16-10)8-6-14-7-9(13-5)15-8/h6-7H,1-5H3,(H,13,15). The quantitative estimate of drug-likeness (QED) is 0.769. The van der Waals surface area contributed by atoms with Crippen molar-refractivity contribution < 1.29 is 9.31 Å². The van der Waals surface area contributed by atoms with Crippen molar-refractivity contribution in [3.05, 3.63) is 12.4 Å². The van der Waals surface area contributed by atoms with Gasteiger partial charge in [-0.2, -0.15) is 0 Å². The van der Waals surface area contributed by atoms with E-state index in [1.165, 1.54) is 0 Å². The highest BCUT2D eigenvalue weighted by Crippen LogP contribution is 2.36. The number of hydrogen-bond donors (Lipinski definition) is 1. The Kier molecular flexibility index (Phi) is 2.87. The fraction of sp³-hybridized carbons (Fsp3) is 0.636. The third kappa shape index (κ3) is 2.15. The lowest BCUT2D eigenvalue weighted by molar-refractivity contribution is 0.00578. The minimum atomic E-state index is -0.458. The maximum absolute atomic E-state index is 5.90. The number of rotatable bonds is 2. The van der Waals surface area contributed by atoms with Gasteiger partial charge in [-0.05, 0) is 27.7 Å². The van der Waals surface area contributed by atoms with Gasteiger partial charge in [0.15, 0.2) is 0 Å². The SMILES string of the molecule is CNc1cncc(B2OC(C)(C)C(C)(C)O2)n1. The van der Waals surface area contributed by atoms with Crippen molar-refractivity contribution in [2.45, 2.75) is 38.9 Å². The molecule has 1 aromatic rings. The zero-order valence-corrected chi connectivity index (χ0v) is 10.9. The van der Waals surface area contributed by atoms with Crippen LogP contribution in [0.1, 0.15) is 27.7 Å². The largest absolute Gasteiger partial charge is 0.516 e. The maximum Gasteiger partial charge on any atom is 0.516 e. The van der Waals surface area contributed by atoms with E-state index in [4.69, 9.17) is 9.31 Å². The molecule has 5 nitrogen and oxygen atoms in total. The molecular weight excluding hydrogens is 217 g/mol. The fourth-order valence-electron chi connectivity index (χ4n) is 1.58. The molecule has 0 radical (unpaired) electrons. The molecule has 17 heavy (non-hydrogen) atoms. The van der Waals surface area contributed by atoms with Crippen molar-refractivity contribution in [2.75, 3.05) is 12.4 Å². The van der Waals surface area contributed by atoms with Gasteiger partial charge >= 0.3 is 7.12 Å². The van der Waals surface area contributed by atoms with Gasteiger partial charge in [-0.1, -0.05) is 0 Å². The van der Waals surface area contributed by atoms with Crippen LogP contribution in [0, 0.1) is 0 Å². The van der Waals surface area contributed by atoms with E-state index in [0.29, 0.717) is 11.4 Å². The van der Waals surface area contributed by atoms with Gasteiger partial charge < -0.3 is 14.6 Å². The summed E-state index contributed by atoms with van der Waals surface area (Å²) in [6, 6.07) is 0. The first-order chi connectivity index (χ1) is 7.86. The number of nitrogens with zero attached hydrogens (tertiary/aromatic N) is 2. The monoisotopic (exact) mass is 235 g/mol. The minimum absolute atomic E-state index is 0.352. The second-order valence-electron chi connectivity index (χ2n) is 5.17. The van der Waals surface area contributed by atoms with Gasteiger partial charge in [0.1, 0.15) is 5.82 Å². The Morgan fingerprint density at radius 1 is 1.12 bits per heavy atom. The van der Waals surface area contributed by atoms with Crippen molar-refractivity contribution in [3.8, 4) is 0 Å². The summed E-state index contributed by atoms with van der Waals surface area (Å²) in [5, 5.41) is 2.95.